The van der Waals surface area contributed by atoms with Crippen molar-refractivity contribution in [3.05, 3.63) is 63.6 Å². The molecule has 5 nitrogen and oxygen atoms in total. The van der Waals surface area contributed by atoms with Crippen molar-refractivity contribution in [2.24, 2.45) is 5.73 Å². The Bertz CT molecular complexity index is 1150. The van der Waals surface area contributed by atoms with Gasteiger partial charge in [-0.15, -0.1) is 11.3 Å². The Hall–Kier alpha value is -2.48. The van der Waals surface area contributed by atoms with E-state index in [1.807, 2.05) is 24.3 Å². The molecule has 168 valence electrons. The lowest BCUT2D eigenvalue weighted by atomic mass is 10.0. The SMILES string of the molecule is C[C@@H]1CN(c2cccc3cc(F)ccc23)CCN1CCC1OCCc2cc(C(N)=O)sc21. The summed E-state index contributed by atoms with van der Waals surface area (Å²) in [6.07, 6.45) is 1.79. The maximum absolute atomic E-state index is 13.6. The molecule has 1 fully saturated rings. The summed E-state index contributed by atoms with van der Waals surface area (Å²) in [5, 5.41) is 2.04. The number of halogens is 1. The standard InChI is InChI=1S/C25H28FN3O2S/c1-16-15-29(21-4-2-3-17-13-19(26)5-6-20(17)21)11-10-28(16)9-7-22-24-18(8-12-31-22)14-23(32-24)25(27)30/h2-6,13-14,16,22H,7-12,15H2,1H3,(H2,27,30)/t16-,22?/m1/s1. The predicted octanol–water partition coefficient (Wildman–Crippen LogP) is 4.35. The van der Waals surface area contributed by atoms with Gasteiger partial charge in [-0.05, 0) is 61.0 Å². The summed E-state index contributed by atoms with van der Waals surface area (Å²) < 4.78 is 19.7. The van der Waals surface area contributed by atoms with Crippen LogP contribution in [0, 0.1) is 5.82 Å². The number of primary amides is 1. The molecule has 3 heterocycles. The molecular formula is C25H28FN3O2S. The molecule has 0 saturated carbocycles. The van der Waals surface area contributed by atoms with Crippen LogP contribution < -0.4 is 10.6 Å². The second-order valence-electron chi connectivity index (χ2n) is 8.74. The van der Waals surface area contributed by atoms with Crippen molar-refractivity contribution in [3.63, 3.8) is 0 Å². The first-order valence-corrected chi connectivity index (χ1v) is 12.0. The second-order valence-corrected chi connectivity index (χ2v) is 9.82. The molecule has 2 atom stereocenters. The first kappa shape index (κ1) is 21.4. The van der Waals surface area contributed by atoms with Crippen LogP contribution in [0.1, 0.15) is 39.6 Å². The van der Waals surface area contributed by atoms with Gasteiger partial charge >= 0.3 is 0 Å². The minimum atomic E-state index is -0.357. The number of nitrogens with two attached hydrogens (primary N) is 1. The molecule has 1 amide bonds. The number of piperazine rings is 1. The summed E-state index contributed by atoms with van der Waals surface area (Å²) in [6, 6.07) is 13.5. The highest BCUT2D eigenvalue weighted by Crippen LogP contribution is 2.37. The fraction of sp³-hybridized carbons (Fsp3) is 0.400. The van der Waals surface area contributed by atoms with E-state index in [2.05, 4.69) is 22.8 Å². The fourth-order valence-corrected chi connectivity index (χ4v) is 6.12. The van der Waals surface area contributed by atoms with Crippen molar-refractivity contribution in [3.8, 4) is 0 Å². The summed E-state index contributed by atoms with van der Waals surface area (Å²) in [5.41, 5.74) is 7.87. The smallest absolute Gasteiger partial charge is 0.258 e. The topological polar surface area (TPSA) is 58.8 Å². The van der Waals surface area contributed by atoms with Gasteiger partial charge in [0.1, 0.15) is 5.82 Å². The molecule has 5 rings (SSSR count). The number of anilines is 1. The zero-order valence-electron chi connectivity index (χ0n) is 18.2. The lowest BCUT2D eigenvalue weighted by Gasteiger charge is -2.42. The summed E-state index contributed by atoms with van der Waals surface area (Å²) >= 11 is 1.49. The molecule has 1 unspecified atom stereocenters. The molecular weight excluding hydrogens is 425 g/mol. The summed E-state index contributed by atoms with van der Waals surface area (Å²) in [4.78, 5) is 18.3. The van der Waals surface area contributed by atoms with Gasteiger partial charge < -0.3 is 15.4 Å². The number of thiophene rings is 1. The predicted molar refractivity (Wildman–Crippen MR) is 127 cm³/mol. The maximum Gasteiger partial charge on any atom is 0.258 e. The lowest BCUT2D eigenvalue weighted by molar-refractivity contribution is 0.0283. The molecule has 2 aromatic carbocycles. The first-order chi connectivity index (χ1) is 15.5. The molecule has 32 heavy (non-hydrogen) atoms. The van der Waals surface area contributed by atoms with Crippen LogP contribution in [0.4, 0.5) is 10.1 Å². The molecule has 7 heteroatoms. The van der Waals surface area contributed by atoms with E-state index in [1.54, 1.807) is 6.07 Å². The first-order valence-electron chi connectivity index (χ1n) is 11.2. The van der Waals surface area contributed by atoms with E-state index in [1.165, 1.54) is 33.5 Å². The van der Waals surface area contributed by atoms with Gasteiger partial charge in [-0.2, -0.15) is 0 Å². The third kappa shape index (κ3) is 4.12. The number of nitrogens with zero attached hydrogens (tertiary/aromatic N) is 2. The molecule has 0 spiro atoms. The van der Waals surface area contributed by atoms with Gasteiger partial charge in [0.05, 0.1) is 17.6 Å². The van der Waals surface area contributed by atoms with E-state index in [-0.39, 0.29) is 17.8 Å². The van der Waals surface area contributed by atoms with Crippen molar-refractivity contribution in [1.29, 1.82) is 0 Å². The van der Waals surface area contributed by atoms with Crippen LogP contribution in [0.25, 0.3) is 10.8 Å². The monoisotopic (exact) mass is 453 g/mol. The van der Waals surface area contributed by atoms with Crippen LogP contribution in [0.5, 0.6) is 0 Å². The summed E-state index contributed by atoms with van der Waals surface area (Å²) in [6.45, 7) is 6.73. The highest BCUT2D eigenvalue weighted by Gasteiger charge is 2.29. The van der Waals surface area contributed by atoms with Crippen molar-refractivity contribution in [2.45, 2.75) is 31.9 Å². The van der Waals surface area contributed by atoms with Gasteiger partial charge in [0.15, 0.2) is 0 Å². The van der Waals surface area contributed by atoms with E-state index in [9.17, 15) is 9.18 Å². The Morgan fingerprint density at radius 2 is 2.12 bits per heavy atom. The highest BCUT2D eigenvalue weighted by molar-refractivity contribution is 7.14. The van der Waals surface area contributed by atoms with E-state index in [4.69, 9.17) is 10.5 Å². The summed E-state index contributed by atoms with van der Waals surface area (Å²) in [7, 11) is 0. The minimum absolute atomic E-state index is 0.0371. The third-order valence-corrected chi connectivity index (χ3v) is 7.96. The number of hydrogen-bond donors (Lipinski definition) is 1. The highest BCUT2D eigenvalue weighted by atomic mass is 32.1. The van der Waals surface area contributed by atoms with Crippen molar-refractivity contribution < 1.29 is 13.9 Å². The number of rotatable bonds is 5. The zero-order chi connectivity index (χ0) is 22.2. The van der Waals surface area contributed by atoms with Crippen molar-refractivity contribution in [1.82, 2.24) is 4.90 Å². The Morgan fingerprint density at radius 3 is 2.94 bits per heavy atom. The number of ether oxygens (including phenoxy) is 1. The number of amides is 1. The van der Waals surface area contributed by atoms with Crippen LogP contribution in [0.3, 0.4) is 0 Å². The molecule has 0 aliphatic carbocycles. The van der Waals surface area contributed by atoms with Crippen LogP contribution in [0.2, 0.25) is 0 Å². The normalized spacial score (nSPS) is 21.6. The summed E-state index contributed by atoms with van der Waals surface area (Å²) in [5.74, 6) is -0.557. The molecule has 0 bridgehead atoms. The average Bonchev–Trinajstić information content (AvgIpc) is 3.23. The molecule has 1 saturated heterocycles. The van der Waals surface area contributed by atoms with Gasteiger partial charge in [0.25, 0.3) is 5.91 Å². The van der Waals surface area contributed by atoms with E-state index >= 15 is 0 Å². The lowest BCUT2D eigenvalue weighted by Crippen LogP contribution is -2.52. The van der Waals surface area contributed by atoms with Gasteiger partial charge in [0, 0.05) is 48.2 Å². The van der Waals surface area contributed by atoms with E-state index in [0.717, 1.165) is 49.8 Å². The Morgan fingerprint density at radius 1 is 1.25 bits per heavy atom. The number of benzene rings is 2. The van der Waals surface area contributed by atoms with E-state index < -0.39 is 0 Å². The molecule has 0 radical (unpaired) electrons. The largest absolute Gasteiger partial charge is 0.372 e. The Kier molecular flexibility index (Phi) is 5.88. The van der Waals surface area contributed by atoms with Gasteiger partial charge in [0.2, 0.25) is 0 Å². The molecule has 3 aromatic rings. The number of hydrogen-bond acceptors (Lipinski definition) is 5. The van der Waals surface area contributed by atoms with Crippen LogP contribution >= 0.6 is 11.3 Å². The van der Waals surface area contributed by atoms with Crippen LogP contribution in [-0.4, -0.2) is 49.6 Å². The Labute approximate surface area is 191 Å². The van der Waals surface area contributed by atoms with Gasteiger partial charge in [-0.1, -0.05) is 12.1 Å². The number of fused-ring (bicyclic) bond motifs is 2. The van der Waals surface area contributed by atoms with E-state index in [0.29, 0.717) is 17.5 Å². The van der Waals surface area contributed by atoms with Crippen molar-refractivity contribution in [2.75, 3.05) is 37.7 Å². The van der Waals surface area contributed by atoms with Crippen LogP contribution in [0.15, 0.2) is 42.5 Å². The van der Waals surface area contributed by atoms with Crippen LogP contribution in [-0.2, 0) is 11.2 Å². The Balaban J connectivity index is 1.24. The molecule has 2 aliphatic heterocycles. The van der Waals surface area contributed by atoms with Gasteiger partial charge in [-0.3, -0.25) is 9.69 Å². The molecule has 2 aliphatic rings. The third-order valence-electron chi connectivity index (χ3n) is 6.67. The average molecular weight is 454 g/mol. The second kappa shape index (κ2) is 8.81. The zero-order valence-corrected chi connectivity index (χ0v) is 19.0. The number of carbonyl (C=O) groups excluding carboxylic acids is 1. The quantitative estimate of drug-likeness (QED) is 0.624. The maximum atomic E-state index is 13.6. The van der Waals surface area contributed by atoms with Gasteiger partial charge in [-0.25, -0.2) is 4.39 Å². The van der Waals surface area contributed by atoms with Crippen molar-refractivity contribution >= 4 is 33.7 Å². The fourth-order valence-electron chi connectivity index (χ4n) is 4.98. The molecule has 2 N–H and O–H groups in total. The minimum Gasteiger partial charge on any atom is -0.372 e. The molecule has 1 aromatic heterocycles. The number of carbonyl (C=O) groups is 1.